The molecule has 3 heteroatoms. The molecule has 1 aliphatic rings. The number of halogens is 1. The van der Waals surface area contributed by atoms with E-state index in [4.69, 9.17) is 0 Å². The van der Waals surface area contributed by atoms with Crippen LogP contribution in [0.5, 0.6) is 0 Å². The van der Waals surface area contributed by atoms with Gasteiger partial charge in [-0.25, -0.2) is 0 Å². The molecule has 1 aliphatic heterocycles. The van der Waals surface area contributed by atoms with E-state index in [0.717, 1.165) is 16.9 Å². The van der Waals surface area contributed by atoms with E-state index in [9.17, 15) is 0 Å². The molecule has 0 aliphatic carbocycles. The lowest BCUT2D eigenvalue weighted by Crippen LogP contribution is -2.17. The lowest BCUT2D eigenvalue weighted by molar-refractivity contribution is 0.496. The van der Waals surface area contributed by atoms with Gasteiger partial charge in [0.2, 0.25) is 0 Å². The minimum Gasteiger partial charge on any atom is -0.385 e. The van der Waals surface area contributed by atoms with Crippen LogP contribution in [0.4, 0.5) is 5.69 Å². The fourth-order valence-electron chi connectivity index (χ4n) is 2.13. The van der Waals surface area contributed by atoms with Crippen molar-refractivity contribution in [2.75, 3.05) is 25.0 Å². The maximum atomic E-state index is 3.52. The summed E-state index contributed by atoms with van der Waals surface area (Å²) in [5.74, 6) is 0.818. The van der Waals surface area contributed by atoms with Gasteiger partial charge in [-0.3, -0.25) is 0 Å². The molecule has 2 N–H and O–H groups in total. The average Bonchev–Trinajstić information content (AvgIpc) is 2.57. The molecule has 0 amide bonds. The molecule has 2 rings (SSSR count). The summed E-state index contributed by atoms with van der Waals surface area (Å²) in [6, 6.07) is 8.41. The van der Waals surface area contributed by atoms with Gasteiger partial charge in [-0.2, -0.15) is 0 Å². The molecule has 1 aromatic rings. The zero-order valence-electron chi connectivity index (χ0n) is 9.51. The highest BCUT2D eigenvalue weighted by Gasteiger charge is 2.11. The molecule has 1 fully saturated rings. The van der Waals surface area contributed by atoms with E-state index in [1.54, 1.807) is 0 Å². The van der Waals surface area contributed by atoms with Crippen LogP contribution in [0.1, 0.15) is 19.3 Å². The van der Waals surface area contributed by atoms with Crippen LogP contribution in [-0.4, -0.2) is 19.6 Å². The predicted octanol–water partition coefficient (Wildman–Crippen LogP) is 3.25. The quantitative estimate of drug-likeness (QED) is 0.889. The summed E-state index contributed by atoms with van der Waals surface area (Å²) in [7, 11) is 0. The molecule has 1 saturated heterocycles. The van der Waals surface area contributed by atoms with Gasteiger partial charge in [0, 0.05) is 16.7 Å². The normalized spacial score (nSPS) is 21.4. The van der Waals surface area contributed by atoms with Crippen molar-refractivity contribution < 1.29 is 0 Å². The van der Waals surface area contributed by atoms with Crippen molar-refractivity contribution in [2.45, 2.75) is 19.3 Å². The first-order chi connectivity index (χ1) is 7.84. The molecule has 0 bridgehead atoms. The first-order valence-corrected chi connectivity index (χ1v) is 6.84. The van der Waals surface area contributed by atoms with Crippen LogP contribution >= 0.6 is 15.9 Å². The van der Waals surface area contributed by atoms with Gasteiger partial charge in [-0.05, 0) is 62.5 Å². The van der Waals surface area contributed by atoms with Crippen LogP contribution in [0, 0.1) is 5.92 Å². The third-order valence-corrected chi connectivity index (χ3v) is 3.66. The van der Waals surface area contributed by atoms with E-state index in [2.05, 4.69) is 50.8 Å². The van der Waals surface area contributed by atoms with Gasteiger partial charge in [0.1, 0.15) is 0 Å². The van der Waals surface area contributed by atoms with Gasteiger partial charge < -0.3 is 10.6 Å². The molecule has 0 spiro atoms. The first-order valence-electron chi connectivity index (χ1n) is 6.05. The van der Waals surface area contributed by atoms with Crippen LogP contribution in [-0.2, 0) is 0 Å². The minimum atomic E-state index is 0.818. The molecule has 16 heavy (non-hydrogen) atoms. The molecule has 2 nitrogen and oxygen atoms in total. The maximum Gasteiger partial charge on any atom is 0.0341 e. The van der Waals surface area contributed by atoms with Crippen LogP contribution in [0.3, 0.4) is 0 Å². The van der Waals surface area contributed by atoms with E-state index in [1.165, 1.54) is 38.0 Å². The highest BCUT2D eigenvalue weighted by atomic mass is 79.9. The Bertz CT molecular complexity index is 302. The average molecular weight is 283 g/mol. The Morgan fingerprint density at radius 3 is 2.81 bits per heavy atom. The van der Waals surface area contributed by atoms with E-state index < -0.39 is 0 Å². The number of anilines is 1. The van der Waals surface area contributed by atoms with Gasteiger partial charge in [-0.1, -0.05) is 15.9 Å². The molecular weight excluding hydrogens is 264 g/mol. The zero-order chi connectivity index (χ0) is 11.2. The molecule has 1 unspecified atom stereocenters. The molecular formula is C13H19BrN2. The first kappa shape index (κ1) is 11.9. The molecule has 88 valence electrons. The van der Waals surface area contributed by atoms with E-state index in [1.807, 2.05) is 0 Å². The van der Waals surface area contributed by atoms with Crippen LogP contribution in [0.2, 0.25) is 0 Å². The van der Waals surface area contributed by atoms with Crippen molar-refractivity contribution in [2.24, 2.45) is 5.92 Å². The number of nitrogens with one attached hydrogen (secondary N) is 2. The zero-order valence-corrected chi connectivity index (χ0v) is 11.1. The van der Waals surface area contributed by atoms with Gasteiger partial charge >= 0.3 is 0 Å². The summed E-state index contributed by atoms with van der Waals surface area (Å²) in [5.41, 5.74) is 1.22. The Hall–Kier alpha value is -0.540. The highest BCUT2D eigenvalue weighted by Crippen LogP contribution is 2.17. The summed E-state index contributed by atoms with van der Waals surface area (Å²) in [6.07, 6.45) is 3.95. The molecule has 0 radical (unpaired) electrons. The molecule has 1 heterocycles. The Labute approximate surface area is 106 Å². The fraction of sp³-hybridized carbons (Fsp3) is 0.538. The molecule has 0 aromatic heterocycles. The molecule has 1 aromatic carbocycles. The topological polar surface area (TPSA) is 24.1 Å². The monoisotopic (exact) mass is 282 g/mol. The van der Waals surface area contributed by atoms with E-state index in [0.29, 0.717) is 0 Å². The summed E-state index contributed by atoms with van der Waals surface area (Å²) in [4.78, 5) is 0. The van der Waals surface area contributed by atoms with Crippen molar-refractivity contribution in [3.63, 3.8) is 0 Å². The summed E-state index contributed by atoms with van der Waals surface area (Å²) in [5, 5.41) is 6.97. The number of hydrogen-bond acceptors (Lipinski definition) is 2. The molecule has 1 atom stereocenters. The van der Waals surface area contributed by atoms with Crippen molar-refractivity contribution in [3.05, 3.63) is 28.7 Å². The van der Waals surface area contributed by atoms with Crippen LogP contribution < -0.4 is 10.6 Å². The van der Waals surface area contributed by atoms with Crippen LogP contribution in [0.25, 0.3) is 0 Å². The number of rotatable bonds is 3. The SMILES string of the molecule is Brc1ccc(NCC2CCCNCC2)cc1. The van der Waals surface area contributed by atoms with E-state index in [-0.39, 0.29) is 0 Å². The maximum absolute atomic E-state index is 3.52. The second kappa shape index (κ2) is 6.26. The second-order valence-electron chi connectivity index (χ2n) is 4.43. The Balaban J connectivity index is 1.79. The third kappa shape index (κ3) is 3.80. The minimum absolute atomic E-state index is 0.818. The Kier molecular flexibility index (Phi) is 4.67. The van der Waals surface area contributed by atoms with Crippen molar-refractivity contribution in [1.82, 2.24) is 5.32 Å². The second-order valence-corrected chi connectivity index (χ2v) is 5.35. The van der Waals surface area contributed by atoms with Crippen molar-refractivity contribution in [1.29, 1.82) is 0 Å². The third-order valence-electron chi connectivity index (χ3n) is 3.13. The lowest BCUT2D eigenvalue weighted by atomic mass is 10.0. The highest BCUT2D eigenvalue weighted by molar-refractivity contribution is 9.10. The van der Waals surface area contributed by atoms with Gasteiger partial charge in [0.15, 0.2) is 0 Å². The van der Waals surface area contributed by atoms with E-state index >= 15 is 0 Å². The van der Waals surface area contributed by atoms with Crippen molar-refractivity contribution in [3.8, 4) is 0 Å². The van der Waals surface area contributed by atoms with Crippen LogP contribution in [0.15, 0.2) is 28.7 Å². The van der Waals surface area contributed by atoms with Gasteiger partial charge in [0.05, 0.1) is 0 Å². The largest absolute Gasteiger partial charge is 0.385 e. The fourth-order valence-corrected chi connectivity index (χ4v) is 2.39. The smallest absolute Gasteiger partial charge is 0.0341 e. The standard InChI is InChI=1S/C13H19BrN2/c14-12-3-5-13(6-4-12)16-10-11-2-1-8-15-9-7-11/h3-6,11,15-16H,1-2,7-10H2. The summed E-state index contributed by atoms with van der Waals surface area (Å²) >= 11 is 3.45. The number of hydrogen-bond donors (Lipinski definition) is 2. The summed E-state index contributed by atoms with van der Waals surface area (Å²) in [6.45, 7) is 3.46. The predicted molar refractivity (Wildman–Crippen MR) is 72.8 cm³/mol. The van der Waals surface area contributed by atoms with Gasteiger partial charge in [0.25, 0.3) is 0 Å². The lowest BCUT2D eigenvalue weighted by Gasteiger charge is -2.15. The van der Waals surface area contributed by atoms with Crippen molar-refractivity contribution >= 4 is 21.6 Å². The summed E-state index contributed by atoms with van der Waals surface area (Å²) < 4.78 is 1.14. The number of benzene rings is 1. The Morgan fingerprint density at radius 1 is 1.19 bits per heavy atom. The molecule has 0 saturated carbocycles. The Morgan fingerprint density at radius 2 is 2.00 bits per heavy atom. The van der Waals surface area contributed by atoms with Gasteiger partial charge in [-0.15, -0.1) is 0 Å².